The summed E-state index contributed by atoms with van der Waals surface area (Å²) in [6, 6.07) is 6.62. The molecular formula is C15H23ClN2O2. The van der Waals surface area contributed by atoms with Crippen molar-refractivity contribution >= 4 is 17.3 Å². The van der Waals surface area contributed by atoms with Gasteiger partial charge in [0.05, 0.1) is 30.0 Å². The minimum Gasteiger partial charge on any atom is -0.394 e. The van der Waals surface area contributed by atoms with E-state index in [0.717, 1.165) is 23.8 Å². The Hall–Kier alpha value is -0.810. The van der Waals surface area contributed by atoms with Gasteiger partial charge >= 0.3 is 0 Å². The maximum absolute atomic E-state index is 9.20. The summed E-state index contributed by atoms with van der Waals surface area (Å²) in [4.78, 5) is 2.17. The monoisotopic (exact) mass is 298 g/mol. The number of aliphatic hydroxyl groups excluding tert-OH is 1. The summed E-state index contributed by atoms with van der Waals surface area (Å²) < 4.78 is 5.46. The SMILES string of the molecule is CC(C)NCc1ccc(N2CCOC(CO)C2)c(Cl)c1. The van der Waals surface area contributed by atoms with Crippen LogP contribution >= 0.6 is 11.6 Å². The highest BCUT2D eigenvalue weighted by Gasteiger charge is 2.21. The Morgan fingerprint density at radius 1 is 1.50 bits per heavy atom. The lowest BCUT2D eigenvalue weighted by Gasteiger charge is -2.34. The van der Waals surface area contributed by atoms with Crippen LogP contribution in [0.15, 0.2) is 18.2 Å². The number of rotatable bonds is 5. The average molecular weight is 299 g/mol. The van der Waals surface area contributed by atoms with Gasteiger partial charge in [0.15, 0.2) is 0 Å². The Morgan fingerprint density at radius 3 is 2.95 bits per heavy atom. The Bertz CT molecular complexity index is 440. The average Bonchev–Trinajstić information content (AvgIpc) is 2.45. The summed E-state index contributed by atoms with van der Waals surface area (Å²) in [7, 11) is 0. The lowest BCUT2D eigenvalue weighted by atomic mass is 10.1. The molecule has 5 heteroatoms. The molecule has 2 rings (SSSR count). The molecule has 1 fully saturated rings. The lowest BCUT2D eigenvalue weighted by molar-refractivity contribution is 0.00357. The van der Waals surface area contributed by atoms with Gasteiger partial charge in [-0.15, -0.1) is 0 Å². The van der Waals surface area contributed by atoms with Crippen LogP contribution in [-0.2, 0) is 11.3 Å². The highest BCUT2D eigenvalue weighted by molar-refractivity contribution is 6.33. The fourth-order valence-corrected chi connectivity index (χ4v) is 2.61. The predicted molar refractivity (Wildman–Crippen MR) is 82.5 cm³/mol. The van der Waals surface area contributed by atoms with E-state index in [2.05, 4.69) is 36.2 Å². The Labute approximate surface area is 125 Å². The van der Waals surface area contributed by atoms with Gasteiger partial charge in [0, 0.05) is 25.7 Å². The summed E-state index contributed by atoms with van der Waals surface area (Å²) in [6.45, 7) is 7.22. The number of halogens is 1. The van der Waals surface area contributed by atoms with Gasteiger partial charge in [0.2, 0.25) is 0 Å². The van der Waals surface area contributed by atoms with Gasteiger partial charge in [-0.3, -0.25) is 0 Å². The molecule has 2 N–H and O–H groups in total. The number of nitrogens with zero attached hydrogens (tertiary/aromatic N) is 1. The second-order valence-electron chi connectivity index (χ2n) is 5.44. The number of benzene rings is 1. The molecule has 1 aliphatic rings. The number of ether oxygens (including phenoxy) is 1. The molecule has 4 nitrogen and oxygen atoms in total. The van der Waals surface area contributed by atoms with Crippen molar-refractivity contribution in [3.05, 3.63) is 28.8 Å². The first kappa shape index (κ1) is 15.6. The third-order valence-electron chi connectivity index (χ3n) is 3.41. The molecule has 0 radical (unpaired) electrons. The molecular weight excluding hydrogens is 276 g/mol. The van der Waals surface area contributed by atoms with Gasteiger partial charge in [-0.25, -0.2) is 0 Å². The van der Waals surface area contributed by atoms with Crippen LogP contribution in [0.4, 0.5) is 5.69 Å². The van der Waals surface area contributed by atoms with Crippen molar-refractivity contribution in [1.29, 1.82) is 0 Å². The summed E-state index contributed by atoms with van der Waals surface area (Å²) in [5.74, 6) is 0. The predicted octanol–water partition coefficient (Wildman–Crippen LogP) is 2.04. The Morgan fingerprint density at radius 2 is 2.30 bits per heavy atom. The second kappa shape index (κ2) is 7.27. The summed E-state index contributed by atoms with van der Waals surface area (Å²) in [5, 5.41) is 13.3. The Kier molecular flexibility index (Phi) is 5.66. The van der Waals surface area contributed by atoms with E-state index in [1.807, 2.05) is 6.07 Å². The number of morpholine rings is 1. The van der Waals surface area contributed by atoms with Gasteiger partial charge < -0.3 is 20.1 Å². The van der Waals surface area contributed by atoms with Crippen LogP contribution in [0, 0.1) is 0 Å². The van der Waals surface area contributed by atoms with E-state index in [1.165, 1.54) is 5.56 Å². The summed E-state index contributed by atoms with van der Waals surface area (Å²) in [5.41, 5.74) is 2.20. The first-order valence-corrected chi connectivity index (χ1v) is 7.47. The number of hydrogen-bond acceptors (Lipinski definition) is 4. The fourth-order valence-electron chi connectivity index (χ4n) is 2.29. The lowest BCUT2D eigenvalue weighted by Crippen LogP contribution is -2.44. The van der Waals surface area contributed by atoms with Crippen molar-refractivity contribution in [2.75, 3.05) is 31.2 Å². The van der Waals surface area contributed by atoms with Crippen LogP contribution in [-0.4, -0.2) is 43.6 Å². The van der Waals surface area contributed by atoms with Crippen LogP contribution in [0.25, 0.3) is 0 Å². The van der Waals surface area contributed by atoms with Crippen LogP contribution in [0.5, 0.6) is 0 Å². The molecule has 0 spiro atoms. The zero-order chi connectivity index (χ0) is 14.5. The maximum atomic E-state index is 9.20. The van der Waals surface area contributed by atoms with E-state index in [-0.39, 0.29) is 12.7 Å². The van der Waals surface area contributed by atoms with E-state index in [1.54, 1.807) is 0 Å². The summed E-state index contributed by atoms with van der Waals surface area (Å²) in [6.07, 6.45) is -0.123. The zero-order valence-corrected chi connectivity index (χ0v) is 12.9. The molecule has 1 heterocycles. The van der Waals surface area contributed by atoms with Crippen molar-refractivity contribution in [3.8, 4) is 0 Å². The highest BCUT2D eigenvalue weighted by Crippen LogP contribution is 2.28. The number of anilines is 1. The molecule has 112 valence electrons. The normalized spacial score (nSPS) is 19.6. The smallest absolute Gasteiger partial charge is 0.0980 e. The van der Waals surface area contributed by atoms with Crippen molar-refractivity contribution in [2.45, 2.75) is 32.5 Å². The van der Waals surface area contributed by atoms with E-state index in [0.29, 0.717) is 19.2 Å². The molecule has 20 heavy (non-hydrogen) atoms. The van der Waals surface area contributed by atoms with Crippen molar-refractivity contribution < 1.29 is 9.84 Å². The molecule has 1 aromatic rings. The van der Waals surface area contributed by atoms with E-state index < -0.39 is 0 Å². The van der Waals surface area contributed by atoms with E-state index in [9.17, 15) is 5.11 Å². The number of nitrogens with one attached hydrogen (secondary N) is 1. The minimum absolute atomic E-state index is 0.0461. The highest BCUT2D eigenvalue weighted by atomic mass is 35.5. The number of aliphatic hydroxyl groups is 1. The largest absolute Gasteiger partial charge is 0.394 e. The molecule has 0 aromatic heterocycles. The molecule has 1 saturated heterocycles. The zero-order valence-electron chi connectivity index (χ0n) is 12.1. The summed E-state index contributed by atoms with van der Waals surface area (Å²) >= 11 is 6.40. The molecule has 0 saturated carbocycles. The molecule has 1 aliphatic heterocycles. The van der Waals surface area contributed by atoms with Gasteiger partial charge in [0.1, 0.15) is 0 Å². The fraction of sp³-hybridized carbons (Fsp3) is 0.600. The first-order valence-electron chi connectivity index (χ1n) is 7.09. The van der Waals surface area contributed by atoms with Crippen LogP contribution in [0.3, 0.4) is 0 Å². The quantitative estimate of drug-likeness (QED) is 0.873. The molecule has 1 unspecified atom stereocenters. The van der Waals surface area contributed by atoms with E-state index >= 15 is 0 Å². The van der Waals surface area contributed by atoms with Gasteiger partial charge in [0.25, 0.3) is 0 Å². The minimum atomic E-state index is -0.123. The standard InChI is InChI=1S/C15H23ClN2O2/c1-11(2)17-8-12-3-4-15(14(16)7-12)18-5-6-20-13(9-18)10-19/h3-4,7,11,13,17,19H,5-6,8-10H2,1-2H3. The van der Waals surface area contributed by atoms with Gasteiger partial charge in [-0.2, -0.15) is 0 Å². The van der Waals surface area contributed by atoms with Crippen LogP contribution in [0.1, 0.15) is 19.4 Å². The first-order chi connectivity index (χ1) is 9.60. The molecule has 1 aromatic carbocycles. The van der Waals surface area contributed by atoms with Crippen molar-refractivity contribution in [2.24, 2.45) is 0 Å². The molecule has 0 aliphatic carbocycles. The molecule has 0 bridgehead atoms. The van der Waals surface area contributed by atoms with Gasteiger partial charge in [-0.1, -0.05) is 31.5 Å². The second-order valence-corrected chi connectivity index (χ2v) is 5.85. The third-order valence-corrected chi connectivity index (χ3v) is 3.71. The van der Waals surface area contributed by atoms with Crippen LogP contribution < -0.4 is 10.2 Å². The van der Waals surface area contributed by atoms with E-state index in [4.69, 9.17) is 16.3 Å². The molecule has 0 amide bonds. The van der Waals surface area contributed by atoms with Gasteiger partial charge in [-0.05, 0) is 17.7 Å². The maximum Gasteiger partial charge on any atom is 0.0980 e. The Balaban J connectivity index is 2.05. The van der Waals surface area contributed by atoms with Crippen molar-refractivity contribution in [3.63, 3.8) is 0 Å². The molecule has 1 atom stereocenters. The van der Waals surface area contributed by atoms with Crippen LogP contribution in [0.2, 0.25) is 5.02 Å². The van der Waals surface area contributed by atoms with Crippen molar-refractivity contribution in [1.82, 2.24) is 5.32 Å². The number of hydrogen-bond donors (Lipinski definition) is 2. The topological polar surface area (TPSA) is 44.7 Å². The third kappa shape index (κ3) is 4.09.